The highest BCUT2D eigenvalue weighted by Crippen LogP contribution is 2.27. The summed E-state index contributed by atoms with van der Waals surface area (Å²) >= 11 is 1.57. The summed E-state index contributed by atoms with van der Waals surface area (Å²) in [5.41, 5.74) is 1.86. The minimum Gasteiger partial charge on any atom is -0.332 e. The number of thiophene rings is 1. The maximum atomic E-state index is 14.2. The highest BCUT2D eigenvalue weighted by Gasteiger charge is 2.31. The molecule has 0 radical (unpaired) electrons. The Kier molecular flexibility index (Phi) is 8.95. The zero-order valence-corrected chi connectivity index (χ0v) is 24.3. The van der Waals surface area contributed by atoms with Gasteiger partial charge in [-0.05, 0) is 79.0 Å². The lowest BCUT2D eigenvalue weighted by Crippen LogP contribution is -2.45. The lowest BCUT2D eigenvalue weighted by atomic mass is 10.1. The van der Waals surface area contributed by atoms with Crippen LogP contribution in [-0.2, 0) is 27.9 Å². The van der Waals surface area contributed by atoms with Crippen molar-refractivity contribution < 1.29 is 17.6 Å². The van der Waals surface area contributed by atoms with Crippen LogP contribution < -0.4 is 0 Å². The fourth-order valence-corrected chi connectivity index (χ4v) is 7.65. The minimum absolute atomic E-state index is 0.207. The predicted octanol–water partition coefficient (Wildman–Crippen LogP) is 5.66. The van der Waals surface area contributed by atoms with E-state index >= 15 is 0 Å². The van der Waals surface area contributed by atoms with Gasteiger partial charge in [0, 0.05) is 29.9 Å². The van der Waals surface area contributed by atoms with Crippen LogP contribution in [0.5, 0.6) is 0 Å². The van der Waals surface area contributed by atoms with E-state index in [1.54, 1.807) is 40.5 Å². The van der Waals surface area contributed by atoms with Gasteiger partial charge in [-0.1, -0.05) is 48.5 Å². The Balaban J connectivity index is 1.45. The second-order valence-electron chi connectivity index (χ2n) is 10.3. The van der Waals surface area contributed by atoms with Crippen LogP contribution in [0.1, 0.15) is 28.8 Å². The molecule has 0 atom stereocenters. The van der Waals surface area contributed by atoms with E-state index in [4.69, 9.17) is 0 Å². The molecule has 5 rings (SSSR count). The number of likely N-dealkylation sites (tertiary alicyclic amines) is 1. The third-order valence-electron chi connectivity index (χ3n) is 7.49. The summed E-state index contributed by atoms with van der Waals surface area (Å²) in [6.45, 7) is 5.00. The van der Waals surface area contributed by atoms with E-state index in [0.717, 1.165) is 47.3 Å². The number of aryl methyl sites for hydroxylation is 1. The van der Waals surface area contributed by atoms with Gasteiger partial charge in [0.25, 0.3) is 0 Å². The van der Waals surface area contributed by atoms with E-state index < -0.39 is 10.0 Å². The number of fused-ring (bicyclic) bond motifs is 1. The molecule has 9 heteroatoms. The van der Waals surface area contributed by atoms with Crippen molar-refractivity contribution in [3.8, 4) is 0 Å². The van der Waals surface area contributed by atoms with Crippen molar-refractivity contribution in [3.63, 3.8) is 0 Å². The molecule has 0 saturated carbocycles. The number of carbonyl (C=O) groups excluding carboxylic acids is 1. The number of halogens is 1. The van der Waals surface area contributed by atoms with Crippen molar-refractivity contribution in [2.75, 3.05) is 32.7 Å². The van der Waals surface area contributed by atoms with E-state index in [0.29, 0.717) is 18.5 Å². The van der Waals surface area contributed by atoms with Gasteiger partial charge in [0.15, 0.2) is 0 Å². The fourth-order valence-electron chi connectivity index (χ4n) is 5.14. The fraction of sp³-hybridized carbons (Fsp3) is 0.323. The zero-order chi connectivity index (χ0) is 28.1. The van der Waals surface area contributed by atoms with Gasteiger partial charge >= 0.3 is 0 Å². The zero-order valence-electron chi connectivity index (χ0n) is 22.6. The first kappa shape index (κ1) is 28.4. The molecule has 0 spiro atoms. The number of hydrogen-bond acceptors (Lipinski definition) is 5. The molecule has 1 amide bonds. The largest absolute Gasteiger partial charge is 0.332 e. The Morgan fingerprint density at radius 1 is 0.950 bits per heavy atom. The van der Waals surface area contributed by atoms with Gasteiger partial charge in [-0.2, -0.15) is 4.31 Å². The molecule has 1 aromatic heterocycles. The molecule has 210 valence electrons. The van der Waals surface area contributed by atoms with Gasteiger partial charge in [-0.25, -0.2) is 12.8 Å². The van der Waals surface area contributed by atoms with Crippen LogP contribution in [0.15, 0.2) is 83.1 Å². The number of carbonyl (C=O) groups is 1. The Morgan fingerprint density at radius 2 is 1.68 bits per heavy atom. The molecule has 0 N–H and O–H groups in total. The van der Waals surface area contributed by atoms with E-state index in [1.807, 2.05) is 48.7 Å². The molecule has 0 bridgehead atoms. The second kappa shape index (κ2) is 12.6. The van der Waals surface area contributed by atoms with Crippen LogP contribution in [0, 0.1) is 12.7 Å². The molecule has 6 nitrogen and oxygen atoms in total. The van der Waals surface area contributed by atoms with Gasteiger partial charge in [-0.3, -0.25) is 4.79 Å². The molecule has 1 saturated heterocycles. The van der Waals surface area contributed by atoms with E-state index in [2.05, 4.69) is 4.90 Å². The molecule has 1 aliphatic heterocycles. The first-order chi connectivity index (χ1) is 19.3. The predicted molar refractivity (Wildman–Crippen MR) is 158 cm³/mol. The molecule has 0 unspecified atom stereocenters. The summed E-state index contributed by atoms with van der Waals surface area (Å²) in [6, 6.07) is 20.8. The third-order valence-corrected chi connectivity index (χ3v) is 10.4. The van der Waals surface area contributed by atoms with Crippen LogP contribution in [0.25, 0.3) is 10.8 Å². The summed E-state index contributed by atoms with van der Waals surface area (Å²) in [5.74, 6) is -0.632. The maximum Gasteiger partial charge on any atom is 0.244 e. The number of benzene rings is 3. The highest BCUT2D eigenvalue weighted by molar-refractivity contribution is 7.89. The van der Waals surface area contributed by atoms with Crippen LogP contribution in [-0.4, -0.2) is 61.2 Å². The molecular formula is C31H34FN3O3S2. The van der Waals surface area contributed by atoms with Gasteiger partial charge in [0.1, 0.15) is 5.82 Å². The van der Waals surface area contributed by atoms with Crippen LogP contribution in [0.2, 0.25) is 0 Å². The molecule has 2 heterocycles. The smallest absolute Gasteiger partial charge is 0.244 e. The molecule has 3 aromatic carbocycles. The summed E-state index contributed by atoms with van der Waals surface area (Å²) < 4.78 is 43.3. The Bertz CT molecular complexity index is 1560. The Morgan fingerprint density at radius 3 is 2.40 bits per heavy atom. The van der Waals surface area contributed by atoms with Crippen molar-refractivity contribution in [2.24, 2.45) is 0 Å². The lowest BCUT2D eigenvalue weighted by Gasteiger charge is -2.29. The summed E-state index contributed by atoms with van der Waals surface area (Å²) in [7, 11) is -3.98. The Hall–Kier alpha value is -3.11. The molecular weight excluding hydrogens is 545 g/mol. The Labute approximate surface area is 239 Å². The molecule has 40 heavy (non-hydrogen) atoms. The first-order valence-electron chi connectivity index (χ1n) is 13.6. The normalized spacial score (nSPS) is 14.3. The van der Waals surface area contributed by atoms with Gasteiger partial charge in [-0.15, -0.1) is 11.3 Å². The standard InChI is InChI=1S/C31H34FN3O3S2/c1-24-15-20-39-29(24)22-34(21-25-11-13-27(32)14-12-25)31(36)23-35(19-18-33-16-4-5-17-33)40(37,38)30-10-6-8-26-7-2-3-9-28(26)30/h2-3,6-15,20H,4-5,16-19,21-23H2,1H3. The SMILES string of the molecule is Cc1ccsc1CN(Cc1ccc(F)cc1)C(=O)CN(CCN1CCCC1)S(=O)(=O)c1cccc2ccccc12. The number of amides is 1. The number of hydrogen-bond donors (Lipinski definition) is 0. The van der Waals surface area contributed by atoms with Crippen LogP contribution in [0.4, 0.5) is 4.39 Å². The molecule has 4 aromatic rings. The highest BCUT2D eigenvalue weighted by atomic mass is 32.2. The minimum atomic E-state index is -3.98. The van der Waals surface area contributed by atoms with Crippen molar-refractivity contribution in [3.05, 3.63) is 100.0 Å². The topological polar surface area (TPSA) is 60.9 Å². The van der Waals surface area contributed by atoms with Crippen molar-refractivity contribution in [1.82, 2.24) is 14.1 Å². The average Bonchev–Trinajstić information content (AvgIpc) is 3.63. The average molecular weight is 580 g/mol. The van der Waals surface area contributed by atoms with Gasteiger partial charge in [0.05, 0.1) is 18.0 Å². The number of rotatable bonds is 11. The van der Waals surface area contributed by atoms with Gasteiger partial charge < -0.3 is 9.80 Å². The molecule has 0 aliphatic carbocycles. The third kappa shape index (κ3) is 6.61. The number of nitrogens with zero attached hydrogens (tertiary/aromatic N) is 3. The van der Waals surface area contributed by atoms with E-state index in [9.17, 15) is 17.6 Å². The van der Waals surface area contributed by atoms with E-state index in [-0.39, 0.29) is 36.3 Å². The van der Waals surface area contributed by atoms with Crippen LogP contribution in [0.3, 0.4) is 0 Å². The van der Waals surface area contributed by atoms with Crippen molar-refractivity contribution >= 4 is 38.0 Å². The maximum absolute atomic E-state index is 14.2. The quantitative estimate of drug-likeness (QED) is 0.230. The van der Waals surface area contributed by atoms with Crippen molar-refractivity contribution in [2.45, 2.75) is 37.8 Å². The summed E-state index contributed by atoms with van der Waals surface area (Å²) in [6.07, 6.45) is 2.20. The second-order valence-corrected chi connectivity index (χ2v) is 13.2. The van der Waals surface area contributed by atoms with Gasteiger partial charge in [0.2, 0.25) is 15.9 Å². The monoisotopic (exact) mass is 579 g/mol. The lowest BCUT2D eigenvalue weighted by molar-refractivity contribution is -0.132. The van der Waals surface area contributed by atoms with E-state index in [1.165, 1.54) is 16.4 Å². The van der Waals surface area contributed by atoms with Crippen molar-refractivity contribution in [1.29, 1.82) is 0 Å². The summed E-state index contributed by atoms with van der Waals surface area (Å²) in [5, 5.41) is 3.46. The summed E-state index contributed by atoms with van der Waals surface area (Å²) in [4.78, 5) is 19.1. The molecule has 1 fully saturated rings. The molecule has 1 aliphatic rings. The first-order valence-corrected chi connectivity index (χ1v) is 15.9. The van der Waals surface area contributed by atoms with Crippen LogP contribution >= 0.6 is 11.3 Å². The number of sulfonamides is 1.